The zero-order valence-electron chi connectivity index (χ0n) is 11.7. The lowest BCUT2D eigenvalue weighted by Crippen LogP contribution is -2.37. The van der Waals surface area contributed by atoms with Crippen LogP contribution in [0.5, 0.6) is 0 Å². The van der Waals surface area contributed by atoms with Crippen LogP contribution in [0.2, 0.25) is 0 Å². The van der Waals surface area contributed by atoms with Crippen molar-refractivity contribution in [3.8, 4) is 0 Å². The first kappa shape index (κ1) is 14.9. The van der Waals surface area contributed by atoms with E-state index in [4.69, 9.17) is 0 Å². The lowest BCUT2D eigenvalue weighted by Gasteiger charge is -2.17. The van der Waals surface area contributed by atoms with Crippen LogP contribution in [0.4, 0.5) is 4.79 Å². The summed E-state index contributed by atoms with van der Waals surface area (Å²) in [6.07, 6.45) is 0.817. The maximum absolute atomic E-state index is 12.0. The third-order valence-corrected chi connectivity index (χ3v) is 4.75. The minimum absolute atomic E-state index is 0.0834. The van der Waals surface area contributed by atoms with Crippen molar-refractivity contribution in [3.05, 3.63) is 26.7 Å². The van der Waals surface area contributed by atoms with Crippen molar-refractivity contribution >= 4 is 28.9 Å². The summed E-state index contributed by atoms with van der Waals surface area (Å²) < 4.78 is 3.87. The molecule has 0 unspecified atom stereocenters. The summed E-state index contributed by atoms with van der Waals surface area (Å²) in [4.78, 5) is 20.0. The zero-order chi connectivity index (χ0) is 14.5. The molecule has 2 rings (SSSR count). The molecule has 2 amide bonds. The second kappa shape index (κ2) is 6.76. The molecule has 6 nitrogen and oxygen atoms in total. The van der Waals surface area contributed by atoms with Crippen molar-refractivity contribution in [1.82, 2.24) is 24.8 Å². The van der Waals surface area contributed by atoms with Gasteiger partial charge >= 0.3 is 6.03 Å². The molecule has 0 aliphatic heterocycles. The molecule has 0 atom stereocenters. The maximum Gasteiger partial charge on any atom is 0.317 e. The summed E-state index contributed by atoms with van der Waals surface area (Å²) in [6, 6.07) is -0.0834. The number of aromatic nitrogens is 3. The number of nitrogens with zero attached hydrogens (tertiary/aromatic N) is 4. The number of urea groups is 1. The molecule has 2 aromatic heterocycles. The Morgan fingerprint density at radius 3 is 2.75 bits per heavy atom. The fourth-order valence-corrected chi connectivity index (χ4v) is 3.13. The van der Waals surface area contributed by atoms with Crippen molar-refractivity contribution < 1.29 is 4.79 Å². The number of hydrogen-bond acceptors (Lipinski definition) is 6. The fourth-order valence-electron chi connectivity index (χ4n) is 1.67. The van der Waals surface area contributed by atoms with Crippen molar-refractivity contribution in [2.24, 2.45) is 0 Å². The molecule has 8 heteroatoms. The van der Waals surface area contributed by atoms with E-state index in [9.17, 15) is 4.79 Å². The number of nitrogens with one attached hydrogen (secondary N) is 1. The van der Waals surface area contributed by atoms with E-state index < -0.39 is 0 Å². The Balaban J connectivity index is 1.77. The van der Waals surface area contributed by atoms with Crippen LogP contribution in [0.15, 0.2) is 5.51 Å². The largest absolute Gasteiger partial charge is 0.338 e. The molecule has 20 heavy (non-hydrogen) atoms. The number of amides is 2. The number of carbonyl (C=O) groups excluding carboxylic acids is 1. The van der Waals surface area contributed by atoms with Gasteiger partial charge in [-0.15, -0.1) is 16.4 Å². The zero-order valence-corrected chi connectivity index (χ0v) is 13.3. The average molecular weight is 311 g/mol. The first-order valence-corrected chi connectivity index (χ1v) is 7.89. The first-order valence-electron chi connectivity index (χ1n) is 6.23. The van der Waals surface area contributed by atoms with Crippen LogP contribution >= 0.6 is 22.9 Å². The van der Waals surface area contributed by atoms with Crippen molar-refractivity contribution in [2.45, 2.75) is 26.8 Å². The van der Waals surface area contributed by atoms with E-state index in [2.05, 4.69) is 19.9 Å². The highest BCUT2D eigenvalue weighted by Crippen LogP contribution is 2.13. The highest BCUT2D eigenvalue weighted by Gasteiger charge is 2.12. The normalized spacial score (nSPS) is 10.6. The van der Waals surface area contributed by atoms with Gasteiger partial charge in [-0.3, -0.25) is 0 Å². The molecule has 0 spiro atoms. The van der Waals surface area contributed by atoms with Gasteiger partial charge < -0.3 is 10.2 Å². The van der Waals surface area contributed by atoms with E-state index in [0.29, 0.717) is 13.1 Å². The van der Waals surface area contributed by atoms with Gasteiger partial charge in [-0.1, -0.05) is 4.49 Å². The molecule has 0 saturated carbocycles. The molecule has 0 aromatic carbocycles. The van der Waals surface area contributed by atoms with Crippen LogP contribution in [0.1, 0.15) is 21.1 Å². The van der Waals surface area contributed by atoms with Crippen LogP contribution < -0.4 is 5.32 Å². The summed E-state index contributed by atoms with van der Waals surface area (Å²) in [7, 11) is 1.77. The standard InChI is InChI=1S/C12H17N5OS2/c1-8-10(19-7-14-8)4-5-13-12(18)17(3)6-11-9(2)15-16-20-11/h7H,4-6H2,1-3H3,(H,13,18). The number of hydrogen-bond donors (Lipinski definition) is 1. The summed E-state index contributed by atoms with van der Waals surface area (Å²) in [5.41, 5.74) is 3.76. The second-order valence-electron chi connectivity index (χ2n) is 4.48. The van der Waals surface area contributed by atoms with Gasteiger partial charge in [0.15, 0.2) is 0 Å². The second-order valence-corrected chi connectivity index (χ2v) is 6.26. The predicted octanol–water partition coefficient (Wildman–Crippen LogP) is 2.00. The van der Waals surface area contributed by atoms with Crippen LogP contribution in [0.3, 0.4) is 0 Å². The highest BCUT2D eigenvalue weighted by atomic mass is 32.1. The first-order chi connectivity index (χ1) is 9.58. The summed E-state index contributed by atoms with van der Waals surface area (Å²) in [6.45, 7) is 5.04. The fraction of sp³-hybridized carbons (Fsp3) is 0.500. The van der Waals surface area contributed by atoms with Gasteiger partial charge in [0.2, 0.25) is 0 Å². The minimum atomic E-state index is -0.0834. The Kier molecular flexibility index (Phi) is 5.02. The van der Waals surface area contributed by atoms with Crippen LogP contribution in [-0.2, 0) is 13.0 Å². The summed E-state index contributed by atoms with van der Waals surface area (Å²) in [5, 5.41) is 6.85. The Morgan fingerprint density at radius 2 is 2.15 bits per heavy atom. The van der Waals surface area contributed by atoms with Crippen LogP contribution in [0.25, 0.3) is 0 Å². The Hall–Kier alpha value is -1.54. The average Bonchev–Trinajstić information content (AvgIpc) is 2.99. The van der Waals surface area contributed by atoms with Crippen molar-refractivity contribution in [1.29, 1.82) is 0 Å². The molecule has 2 aromatic rings. The van der Waals surface area contributed by atoms with Gasteiger partial charge in [0, 0.05) is 24.9 Å². The van der Waals surface area contributed by atoms with Gasteiger partial charge in [0.1, 0.15) is 0 Å². The van der Waals surface area contributed by atoms with Gasteiger partial charge in [0.25, 0.3) is 0 Å². The van der Waals surface area contributed by atoms with Crippen LogP contribution in [-0.4, -0.2) is 39.1 Å². The number of carbonyl (C=O) groups is 1. The molecule has 0 fully saturated rings. The molecule has 0 radical (unpaired) electrons. The molecule has 108 valence electrons. The van der Waals surface area contributed by atoms with Crippen LogP contribution in [0, 0.1) is 13.8 Å². The summed E-state index contributed by atoms with van der Waals surface area (Å²) in [5.74, 6) is 0. The minimum Gasteiger partial charge on any atom is -0.338 e. The predicted molar refractivity (Wildman–Crippen MR) is 80.1 cm³/mol. The Bertz CT molecular complexity index is 580. The smallest absolute Gasteiger partial charge is 0.317 e. The van der Waals surface area contributed by atoms with E-state index in [-0.39, 0.29) is 6.03 Å². The monoisotopic (exact) mass is 311 g/mol. The molecule has 0 bridgehead atoms. The lowest BCUT2D eigenvalue weighted by molar-refractivity contribution is 0.207. The molecule has 2 heterocycles. The third kappa shape index (κ3) is 3.73. The number of aryl methyl sites for hydroxylation is 2. The molecule has 0 aliphatic carbocycles. The third-order valence-electron chi connectivity index (χ3n) is 2.95. The Morgan fingerprint density at radius 1 is 1.35 bits per heavy atom. The van der Waals surface area contributed by atoms with Gasteiger partial charge in [-0.05, 0) is 25.4 Å². The van der Waals surface area contributed by atoms with Gasteiger partial charge in [-0.2, -0.15) is 0 Å². The quantitative estimate of drug-likeness (QED) is 0.917. The van der Waals surface area contributed by atoms with E-state index >= 15 is 0 Å². The number of rotatable bonds is 5. The van der Waals surface area contributed by atoms with E-state index in [0.717, 1.165) is 22.7 Å². The molecular weight excluding hydrogens is 294 g/mol. The van der Waals surface area contributed by atoms with Crippen molar-refractivity contribution in [3.63, 3.8) is 0 Å². The molecular formula is C12H17N5OS2. The number of thiazole rings is 1. The Labute approximate surface area is 126 Å². The van der Waals surface area contributed by atoms with E-state index in [1.54, 1.807) is 23.3 Å². The molecule has 0 aliphatic rings. The van der Waals surface area contributed by atoms with Crippen molar-refractivity contribution in [2.75, 3.05) is 13.6 Å². The van der Waals surface area contributed by atoms with E-state index in [1.807, 2.05) is 19.4 Å². The molecule has 1 N–H and O–H groups in total. The highest BCUT2D eigenvalue weighted by molar-refractivity contribution is 7.09. The van der Waals surface area contributed by atoms with Gasteiger partial charge in [-0.25, -0.2) is 9.78 Å². The van der Waals surface area contributed by atoms with Gasteiger partial charge in [0.05, 0.1) is 28.3 Å². The lowest BCUT2D eigenvalue weighted by atomic mass is 10.3. The SMILES string of the molecule is Cc1ncsc1CCNC(=O)N(C)Cc1snnc1C. The van der Waals surface area contributed by atoms with E-state index in [1.165, 1.54) is 16.4 Å². The molecule has 0 saturated heterocycles. The topological polar surface area (TPSA) is 71.0 Å². The summed E-state index contributed by atoms with van der Waals surface area (Å²) >= 11 is 2.95. The maximum atomic E-state index is 12.0.